The Hall–Kier alpha value is -1.45. The fourth-order valence-electron chi connectivity index (χ4n) is 1.73. The van der Waals surface area contributed by atoms with E-state index in [4.69, 9.17) is 4.74 Å². The maximum absolute atomic E-state index is 9.95. The number of hydrogen-bond donors (Lipinski definition) is 1. The summed E-state index contributed by atoms with van der Waals surface area (Å²) < 4.78 is 5.34. The van der Waals surface area contributed by atoms with Gasteiger partial charge in [0.25, 0.3) is 0 Å². The zero-order valence-corrected chi connectivity index (χ0v) is 9.97. The third-order valence-corrected chi connectivity index (χ3v) is 2.64. The summed E-state index contributed by atoms with van der Waals surface area (Å²) in [7, 11) is 0. The lowest BCUT2D eigenvalue weighted by Crippen LogP contribution is -2.07. The highest BCUT2D eigenvalue weighted by molar-refractivity contribution is 5.78. The van der Waals surface area contributed by atoms with E-state index in [-0.39, 0.29) is 0 Å². The molecule has 1 unspecified atom stereocenters. The summed E-state index contributed by atoms with van der Waals surface area (Å²) >= 11 is 0. The average Bonchev–Trinajstić information content (AvgIpc) is 2.38. The second kappa shape index (κ2) is 5.75. The van der Waals surface area contributed by atoms with Gasteiger partial charge in [-0.1, -0.05) is 25.1 Å². The van der Waals surface area contributed by atoms with E-state index in [1.165, 1.54) is 0 Å². The number of pyridine rings is 1. The first-order valence-electron chi connectivity index (χ1n) is 5.91. The van der Waals surface area contributed by atoms with Gasteiger partial charge in [-0.3, -0.25) is 4.98 Å². The predicted molar refractivity (Wildman–Crippen MR) is 67.8 cm³/mol. The molecule has 0 aliphatic rings. The van der Waals surface area contributed by atoms with Gasteiger partial charge in [0.15, 0.2) is 0 Å². The second-order valence-electron chi connectivity index (χ2n) is 4.05. The van der Waals surface area contributed by atoms with E-state index in [9.17, 15) is 5.11 Å². The van der Waals surface area contributed by atoms with E-state index >= 15 is 0 Å². The van der Waals surface area contributed by atoms with Crippen LogP contribution in [0.15, 0.2) is 36.5 Å². The molecule has 0 aliphatic heterocycles. The van der Waals surface area contributed by atoms with Crippen molar-refractivity contribution >= 4 is 10.9 Å². The summed E-state index contributed by atoms with van der Waals surface area (Å²) in [6.45, 7) is 3.07. The molecular formula is C14H17NO2. The lowest BCUT2D eigenvalue weighted by molar-refractivity contribution is 0.0364. The zero-order valence-electron chi connectivity index (χ0n) is 9.97. The largest absolute Gasteiger partial charge is 0.386 e. The zero-order chi connectivity index (χ0) is 12.1. The van der Waals surface area contributed by atoms with Crippen LogP contribution in [0.5, 0.6) is 0 Å². The third kappa shape index (κ3) is 3.02. The molecule has 0 spiro atoms. The molecule has 0 radical (unpaired) electrons. The number of nitrogens with zero attached hydrogens (tertiary/aromatic N) is 1. The first kappa shape index (κ1) is 12.0. The molecule has 1 heterocycles. The maximum Gasteiger partial charge on any atom is 0.102 e. The molecule has 90 valence electrons. The van der Waals surface area contributed by atoms with Gasteiger partial charge in [0.1, 0.15) is 6.10 Å². The number of ether oxygens (including phenoxy) is 1. The molecule has 1 aromatic carbocycles. The summed E-state index contributed by atoms with van der Waals surface area (Å²) in [5.74, 6) is 0. The van der Waals surface area contributed by atoms with E-state index in [0.717, 1.165) is 22.9 Å². The molecule has 1 atom stereocenters. The molecule has 0 saturated heterocycles. The van der Waals surface area contributed by atoms with Crippen molar-refractivity contribution < 1.29 is 9.84 Å². The molecule has 0 amide bonds. The Kier molecular flexibility index (Phi) is 4.07. The minimum absolute atomic E-state index is 0.339. The molecular weight excluding hydrogens is 214 g/mol. The Morgan fingerprint density at radius 2 is 2.24 bits per heavy atom. The summed E-state index contributed by atoms with van der Waals surface area (Å²) in [6, 6.07) is 9.72. The van der Waals surface area contributed by atoms with Crippen molar-refractivity contribution in [3.63, 3.8) is 0 Å². The number of aliphatic hydroxyl groups excluding tert-OH is 1. The molecule has 0 fully saturated rings. The van der Waals surface area contributed by atoms with Gasteiger partial charge in [-0.05, 0) is 24.1 Å². The van der Waals surface area contributed by atoms with E-state index in [1.807, 2.05) is 37.3 Å². The van der Waals surface area contributed by atoms with Crippen molar-refractivity contribution in [3.8, 4) is 0 Å². The summed E-state index contributed by atoms with van der Waals surface area (Å²) in [6.07, 6.45) is 2.14. The Balaban J connectivity index is 2.12. The minimum atomic E-state index is -0.576. The lowest BCUT2D eigenvalue weighted by atomic mass is 10.1. The fourth-order valence-corrected chi connectivity index (χ4v) is 1.73. The molecule has 2 aromatic rings. The Labute approximate surface area is 101 Å². The van der Waals surface area contributed by atoms with Gasteiger partial charge < -0.3 is 9.84 Å². The van der Waals surface area contributed by atoms with Crippen LogP contribution in [0.2, 0.25) is 0 Å². The molecule has 1 aromatic heterocycles. The molecule has 0 saturated carbocycles. The topological polar surface area (TPSA) is 42.4 Å². The van der Waals surface area contributed by atoms with Crippen LogP contribution in [0.4, 0.5) is 0 Å². The molecule has 1 N–H and O–H groups in total. The standard InChI is InChI=1S/C14H17NO2/c1-2-8-17-10-14(16)12-6-5-11-4-3-7-15-13(11)9-12/h3-7,9,14,16H,2,8,10H2,1H3. The van der Waals surface area contributed by atoms with E-state index in [1.54, 1.807) is 6.20 Å². The number of benzene rings is 1. The van der Waals surface area contributed by atoms with E-state index in [2.05, 4.69) is 4.98 Å². The third-order valence-electron chi connectivity index (χ3n) is 2.64. The van der Waals surface area contributed by atoms with Gasteiger partial charge in [0, 0.05) is 18.2 Å². The molecule has 17 heavy (non-hydrogen) atoms. The first-order valence-corrected chi connectivity index (χ1v) is 5.91. The Morgan fingerprint density at radius 3 is 3.06 bits per heavy atom. The van der Waals surface area contributed by atoms with Crippen molar-refractivity contribution in [1.82, 2.24) is 4.98 Å². The van der Waals surface area contributed by atoms with Crippen LogP contribution in [0.25, 0.3) is 10.9 Å². The number of aromatic nitrogens is 1. The fraction of sp³-hybridized carbons (Fsp3) is 0.357. The van der Waals surface area contributed by atoms with Crippen LogP contribution < -0.4 is 0 Å². The highest BCUT2D eigenvalue weighted by atomic mass is 16.5. The van der Waals surface area contributed by atoms with Crippen molar-refractivity contribution in [2.75, 3.05) is 13.2 Å². The minimum Gasteiger partial charge on any atom is -0.386 e. The predicted octanol–water partition coefficient (Wildman–Crippen LogP) is 2.69. The van der Waals surface area contributed by atoms with E-state index in [0.29, 0.717) is 13.2 Å². The maximum atomic E-state index is 9.95. The van der Waals surface area contributed by atoms with Gasteiger partial charge >= 0.3 is 0 Å². The van der Waals surface area contributed by atoms with Gasteiger partial charge in [-0.2, -0.15) is 0 Å². The van der Waals surface area contributed by atoms with Gasteiger partial charge in [0.05, 0.1) is 12.1 Å². The van der Waals surface area contributed by atoms with Crippen LogP contribution in [-0.4, -0.2) is 23.3 Å². The molecule has 3 nitrogen and oxygen atoms in total. The lowest BCUT2D eigenvalue weighted by Gasteiger charge is -2.11. The summed E-state index contributed by atoms with van der Waals surface area (Å²) in [5, 5.41) is 11.0. The monoisotopic (exact) mass is 231 g/mol. The molecule has 0 bridgehead atoms. The van der Waals surface area contributed by atoms with Crippen molar-refractivity contribution in [1.29, 1.82) is 0 Å². The number of aliphatic hydroxyl groups is 1. The van der Waals surface area contributed by atoms with Crippen LogP contribution >= 0.6 is 0 Å². The highest BCUT2D eigenvalue weighted by Gasteiger charge is 2.08. The molecule has 3 heteroatoms. The Morgan fingerprint density at radius 1 is 1.35 bits per heavy atom. The quantitative estimate of drug-likeness (QED) is 0.804. The van der Waals surface area contributed by atoms with Crippen LogP contribution in [0.1, 0.15) is 25.0 Å². The smallest absolute Gasteiger partial charge is 0.102 e. The van der Waals surface area contributed by atoms with Gasteiger partial charge in [0.2, 0.25) is 0 Å². The van der Waals surface area contributed by atoms with Gasteiger partial charge in [-0.15, -0.1) is 0 Å². The molecule has 2 rings (SSSR count). The van der Waals surface area contributed by atoms with Crippen molar-refractivity contribution in [3.05, 3.63) is 42.1 Å². The van der Waals surface area contributed by atoms with Crippen molar-refractivity contribution in [2.24, 2.45) is 0 Å². The Bertz CT molecular complexity index is 484. The normalized spacial score (nSPS) is 12.8. The number of fused-ring (bicyclic) bond motifs is 1. The van der Waals surface area contributed by atoms with Crippen molar-refractivity contribution in [2.45, 2.75) is 19.4 Å². The summed E-state index contributed by atoms with van der Waals surface area (Å²) in [5.41, 5.74) is 1.76. The summed E-state index contributed by atoms with van der Waals surface area (Å²) in [4.78, 5) is 4.27. The molecule has 0 aliphatic carbocycles. The van der Waals surface area contributed by atoms with Crippen LogP contribution in [-0.2, 0) is 4.74 Å². The highest BCUT2D eigenvalue weighted by Crippen LogP contribution is 2.19. The number of rotatable bonds is 5. The second-order valence-corrected chi connectivity index (χ2v) is 4.05. The van der Waals surface area contributed by atoms with E-state index < -0.39 is 6.10 Å². The SMILES string of the molecule is CCCOCC(O)c1ccc2cccnc2c1. The number of hydrogen-bond acceptors (Lipinski definition) is 3. The van der Waals surface area contributed by atoms with Crippen LogP contribution in [0.3, 0.4) is 0 Å². The average molecular weight is 231 g/mol. The van der Waals surface area contributed by atoms with Crippen LogP contribution in [0, 0.1) is 0 Å². The first-order chi connectivity index (χ1) is 8.31. The van der Waals surface area contributed by atoms with Gasteiger partial charge in [-0.25, -0.2) is 0 Å².